The van der Waals surface area contributed by atoms with Crippen LogP contribution in [0.25, 0.3) is 0 Å². The molecule has 0 amide bonds. The van der Waals surface area contributed by atoms with E-state index in [2.05, 4.69) is 23.7 Å². The third kappa shape index (κ3) is 19.7. The number of hydrogen-bond donors (Lipinski definition) is 0. The van der Waals surface area contributed by atoms with Gasteiger partial charge in [-0.1, -0.05) is 11.8 Å². The second-order valence-corrected chi connectivity index (χ2v) is 7.55. The lowest BCUT2D eigenvalue weighted by Crippen LogP contribution is -2.14. The Bertz CT molecular complexity index is 727. The highest BCUT2D eigenvalue weighted by Gasteiger charge is 1.99. The van der Waals surface area contributed by atoms with Gasteiger partial charge in [0.2, 0.25) is 0 Å². The molecular weight excluding hydrogens is 496 g/mol. The van der Waals surface area contributed by atoms with Crippen molar-refractivity contribution in [3.05, 3.63) is 24.3 Å². The van der Waals surface area contributed by atoms with Crippen LogP contribution in [0.15, 0.2) is 24.3 Å². The Morgan fingerprint density at radius 2 is 0.605 bits per heavy atom. The molecule has 0 saturated heterocycles. The Labute approximate surface area is 226 Å². The SMILES string of the molecule is C1#CCOCCOCCOCCOCCOc2ccc(cc2)OCCOCCOCCOCCOCC#C1. The normalized spacial score (nSPS) is 19.9. The van der Waals surface area contributed by atoms with Gasteiger partial charge in [0.1, 0.15) is 37.9 Å². The number of ether oxygens (including phenoxy) is 10. The van der Waals surface area contributed by atoms with Crippen molar-refractivity contribution in [2.24, 2.45) is 0 Å². The van der Waals surface area contributed by atoms with Crippen molar-refractivity contribution < 1.29 is 47.4 Å². The number of benzene rings is 1. The Morgan fingerprint density at radius 1 is 0.342 bits per heavy atom. The van der Waals surface area contributed by atoms with E-state index in [9.17, 15) is 0 Å². The molecule has 0 atom stereocenters. The molecule has 2 aliphatic heterocycles. The Kier molecular flexibility index (Phi) is 20.9. The van der Waals surface area contributed by atoms with Crippen molar-refractivity contribution >= 4 is 0 Å². The first-order valence-corrected chi connectivity index (χ1v) is 12.9. The maximum atomic E-state index is 5.67. The van der Waals surface area contributed by atoms with E-state index in [-0.39, 0.29) is 0 Å². The summed E-state index contributed by atoms with van der Waals surface area (Å²) in [6, 6.07) is 7.46. The van der Waals surface area contributed by atoms with Crippen molar-refractivity contribution in [3.8, 4) is 35.2 Å². The van der Waals surface area contributed by atoms with Gasteiger partial charge < -0.3 is 47.4 Å². The molecule has 10 nitrogen and oxygen atoms in total. The molecule has 1 aromatic rings. The van der Waals surface area contributed by atoms with Crippen LogP contribution in [0, 0.1) is 23.7 Å². The third-order valence-electron chi connectivity index (χ3n) is 4.64. The molecule has 10 heteroatoms. The van der Waals surface area contributed by atoms with Crippen LogP contribution in [0.5, 0.6) is 11.5 Å². The zero-order valence-corrected chi connectivity index (χ0v) is 22.1. The van der Waals surface area contributed by atoms with Crippen LogP contribution in [0.3, 0.4) is 0 Å². The van der Waals surface area contributed by atoms with Crippen molar-refractivity contribution in [2.75, 3.05) is 119 Å². The monoisotopic (exact) mass is 536 g/mol. The average molecular weight is 537 g/mol. The molecule has 212 valence electrons. The van der Waals surface area contributed by atoms with Crippen LogP contribution in [-0.4, -0.2) is 119 Å². The molecule has 2 heterocycles. The lowest BCUT2D eigenvalue weighted by Gasteiger charge is -2.10. The highest BCUT2D eigenvalue weighted by atomic mass is 16.6. The van der Waals surface area contributed by atoms with Crippen molar-refractivity contribution in [3.63, 3.8) is 0 Å². The van der Waals surface area contributed by atoms with Crippen molar-refractivity contribution in [2.45, 2.75) is 0 Å². The molecule has 0 fully saturated rings. The summed E-state index contributed by atoms with van der Waals surface area (Å²) < 4.78 is 54.9. The summed E-state index contributed by atoms with van der Waals surface area (Å²) in [6.07, 6.45) is 0. The highest BCUT2D eigenvalue weighted by Crippen LogP contribution is 2.17. The van der Waals surface area contributed by atoms with E-state index < -0.39 is 0 Å². The molecule has 0 N–H and O–H groups in total. The molecule has 0 unspecified atom stereocenters. The number of fused-ring (bicyclic) bond motifs is 31. The zero-order valence-electron chi connectivity index (χ0n) is 22.1. The minimum absolute atomic E-state index is 0.304. The van der Waals surface area contributed by atoms with Crippen LogP contribution in [0.1, 0.15) is 0 Å². The fourth-order valence-electron chi connectivity index (χ4n) is 2.80. The van der Waals surface area contributed by atoms with Gasteiger partial charge in [-0.05, 0) is 36.1 Å². The smallest absolute Gasteiger partial charge is 0.119 e. The third-order valence-corrected chi connectivity index (χ3v) is 4.64. The van der Waals surface area contributed by atoms with Gasteiger partial charge in [-0.3, -0.25) is 0 Å². The quantitative estimate of drug-likeness (QED) is 0.360. The maximum Gasteiger partial charge on any atom is 0.119 e. The number of hydrogen-bond acceptors (Lipinski definition) is 10. The van der Waals surface area contributed by atoms with Crippen LogP contribution in [0.2, 0.25) is 0 Å². The molecule has 0 radical (unpaired) electrons. The Balaban J connectivity index is 1.59. The van der Waals surface area contributed by atoms with E-state index in [1.165, 1.54) is 0 Å². The molecule has 0 aliphatic carbocycles. The molecule has 3 rings (SSSR count). The van der Waals surface area contributed by atoms with Crippen LogP contribution in [-0.2, 0) is 37.9 Å². The van der Waals surface area contributed by atoms with Gasteiger partial charge in [0.25, 0.3) is 0 Å². The predicted molar refractivity (Wildman–Crippen MR) is 140 cm³/mol. The summed E-state index contributed by atoms with van der Waals surface area (Å²) >= 11 is 0. The predicted octanol–water partition coefficient (Wildman–Crippen LogP) is 1.60. The standard InChI is InChI=1S/C28H40O10/c1-2-4-10-30-12-14-32-16-18-34-20-22-36-24-26-38-28-7-5-27(6-8-28)37-25-23-35-21-19-33-17-15-31-13-11-29-9-3-1/h5-8H,9-26H2. The van der Waals surface area contributed by atoms with Gasteiger partial charge in [-0.15, -0.1) is 0 Å². The minimum Gasteiger partial charge on any atom is -0.491 e. The Hall–Kier alpha value is -2.38. The lowest BCUT2D eigenvalue weighted by atomic mass is 10.3. The topological polar surface area (TPSA) is 92.3 Å². The number of rotatable bonds is 0. The molecule has 38 heavy (non-hydrogen) atoms. The molecule has 0 spiro atoms. The molecular formula is C28H40O10. The molecule has 0 aromatic heterocycles. The van der Waals surface area contributed by atoms with Crippen molar-refractivity contribution in [1.29, 1.82) is 0 Å². The second-order valence-electron chi connectivity index (χ2n) is 7.55. The first-order chi connectivity index (χ1) is 18.9. The summed E-state index contributed by atoms with van der Waals surface area (Å²) in [6.45, 7) is 8.33. The van der Waals surface area contributed by atoms with Gasteiger partial charge in [0.15, 0.2) is 0 Å². The molecule has 2 bridgehead atoms. The fraction of sp³-hybridized carbons (Fsp3) is 0.643. The second kappa shape index (κ2) is 24.9. The van der Waals surface area contributed by atoms with Gasteiger partial charge in [-0.25, -0.2) is 0 Å². The summed E-state index contributed by atoms with van der Waals surface area (Å²) in [5, 5.41) is 0. The average Bonchev–Trinajstić information content (AvgIpc) is 2.94. The van der Waals surface area contributed by atoms with Gasteiger partial charge in [0, 0.05) is 0 Å². The van der Waals surface area contributed by atoms with Gasteiger partial charge in [0.05, 0.1) is 92.5 Å². The molecule has 1 aromatic carbocycles. The first-order valence-electron chi connectivity index (χ1n) is 12.9. The van der Waals surface area contributed by atoms with Crippen LogP contribution in [0.4, 0.5) is 0 Å². The van der Waals surface area contributed by atoms with Crippen molar-refractivity contribution in [1.82, 2.24) is 0 Å². The van der Waals surface area contributed by atoms with E-state index in [4.69, 9.17) is 47.4 Å². The lowest BCUT2D eigenvalue weighted by molar-refractivity contribution is -0.00200. The first kappa shape index (κ1) is 31.8. The van der Waals surface area contributed by atoms with E-state index >= 15 is 0 Å². The summed E-state index contributed by atoms with van der Waals surface area (Å²) in [4.78, 5) is 0. The highest BCUT2D eigenvalue weighted by molar-refractivity contribution is 5.31. The molecule has 2 aliphatic rings. The minimum atomic E-state index is 0.304. The summed E-state index contributed by atoms with van der Waals surface area (Å²) in [7, 11) is 0. The van der Waals surface area contributed by atoms with E-state index in [1.807, 2.05) is 24.3 Å². The molecule has 0 saturated carbocycles. The summed E-state index contributed by atoms with van der Waals surface area (Å²) in [5.74, 6) is 12.6. The Morgan fingerprint density at radius 3 is 0.921 bits per heavy atom. The van der Waals surface area contributed by atoms with Gasteiger partial charge >= 0.3 is 0 Å². The zero-order chi connectivity index (χ0) is 26.6. The fourth-order valence-corrected chi connectivity index (χ4v) is 2.80. The van der Waals surface area contributed by atoms with E-state index in [1.54, 1.807) is 0 Å². The van der Waals surface area contributed by atoms with Crippen LogP contribution < -0.4 is 9.47 Å². The van der Waals surface area contributed by atoms with E-state index in [0.717, 1.165) is 11.5 Å². The van der Waals surface area contributed by atoms with Gasteiger partial charge in [-0.2, -0.15) is 0 Å². The van der Waals surface area contributed by atoms with E-state index in [0.29, 0.717) is 119 Å². The summed E-state index contributed by atoms with van der Waals surface area (Å²) in [5.41, 5.74) is 0. The maximum absolute atomic E-state index is 5.67. The van der Waals surface area contributed by atoms with Crippen LogP contribution >= 0.6 is 0 Å². The largest absolute Gasteiger partial charge is 0.491 e.